The molecule has 0 N–H and O–H groups in total. The molecule has 2 aromatic rings. The summed E-state index contributed by atoms with van der Waals surface area (Å²) < 4.78 is 6.90. The lowest BCUT2D eigenvalue weighted by Gasteiger charge is -2.15. The monoisotopic (exact) mass is 270 g/mol. The second kappa shape index (κ2) is 5.59. The molecular weight excluding hydrogens is 252 g/mol. The average molecular weight is 270 g/mol. The van der Waals surface area contributed by atoms with E-state index >= 15 is 0 Å². The number of methoxy groups -OCH3 is 1. The van der Waals surface area contributed by atoms with Gasteiger partial charge in [0.15, 0.2) is 5.78 Å². The summed E-state index contributed by atoms with van der Waals surface area (Å²) in [4.78, 5) is 12.0. The first kappa shape index (κ1) is 13.1. The molecule has 4 nitrogen and oxygen atoms in total. The smallest absolute Gasteiger partial charge is 0.163 e. The number of Topliss-reactive ketones (excluding diaryl/α,β-unsaturated/α-hetero) is 1. The molecule has 1 aliphatic carbocycles. The Bertz CT molecular complexity index is 631. The van der Waals surface area contributed by atoms with Crippen LogP contribution in [0.5, 0.6) is 0 Å². The molecular formula is C16H18N2O2. The Morgan fingerprint density at radius 3 is 3.05 bits per heavy atom. The van der Waals surface area contributed by atoms with E-state index in [1.165, 1.54) is 5.56 Å². The SMILES string of the molecule is COCCn1cc(-c2ccc3c(c2)C(=O)CCC3)cn1. The largest absolute Gasteiger partial charge is 0.383 e. The third kappa shape index (κ3) is 2.51. The first-order valence-electron chi connectivity index (χ1n) is 6.96. The van der Waals surface area contributed by atoms with Gasteiger partial charge >= 0.3 is 0 Å². The predicted octanol–water partition coefficient (Wildman–Crippen LogP) is 2.72. The van der Waals surface area contributed by atoms with E-state index < -0.39 is 0 Å². The minimum absolute atomic E-state index is 0.264. The Hall–Kier alpha value is -1.94. The second-order valence-corrected chi connectivity index (χ2v) is 5.13. The van der Waals surface area contributed by atoms with Gasteiger partial charge in [-0.3, -0.25) is 9.48 Å². The van der Waals surface area contributed by atoms with E-state index in [1.54, 1.807) is 7.11 Å². The molecule has 0 unspecified atom stereocenters. The minimum Gasteiger partial charge on any atom is -0.383 e. The van der Waals surface area contributed by atoms with Crippen LogP contribution < -0.4 is 0 Å². The number of aryl methyl sites for hydroxylation is 1. The van der Waals surface area contributed by atoms with Gasteiger partial charge in [0.1, 0.15) is 0 Å². The van der Waals surface area contributed by atoms with Gasteiger partial charge in [0, 0.05) is 30.9 Å². The maximum atomic E-state index is 12.0. The lowest BCUT2D eigenvalue weighted by atomic mass is 9.88. The maximum Gasteiger partial charge on any atom is 0.163 e. The molecule has 0 spiro atoms. The fourth-order valence-electron chi connectivity index (χ4n) is 2.63. The van der Waals surface area contributed by atoms with E-state index in [-0.39, 0.29) is 5.78 Å². The van der Waals surface area contributed by atoms with Crippen LogP contribution in [-0.4, -0.2) is 29.3 Å². The van der Waals surface area contributed by atoms with Crippen molar-refractivity contribution in [1.82, 2.24) is 9.78 Å². The van der Waals surface area contributed by atoms with E-state index in [4.69, 9.17) is 4.74 Å². The number of ketones is 1. The molecule has 0 amide bonds. The summed E-state index contributed by atoms with van der Waals surface area (Å²) in [6.45, 7) is 1.38. The summed E-state index contributed by atoms with van der Waals surface area (Å²) in [5.74, 6) is 0.264. The number of benzene rings is 1. The van der Waals surface area contributed by atoms with Gasteiger partial charge in [-0.25, -0.2) is 0 Å². The summed E-state index contributed by atoms with van der Waals surface area (Å²) in [5.41, 5.74) is 4.17. The quantitative estimate of drug-likeness (QED) is 0.858. The lowest BCUT2D eigenvalue weighted by molar-refractivity contribution is 0.0972. The number of fused-ring (bicyclic) bond motifs is 1. The highest BCUT2D eigenvalue weighted by atomic mass is 16.5. The van der Waals surface area contributed by atoms with Crippen molar-refractivity contribution in [2.75, 3.05) is 13.7 Å². The molecule has 0 bridgehead atoms. The van der Waals surface area contributed by atoms with Gasteiger partial charge in [0.25, 0.3) is 0 Å². The number of ether oxygens (including phenoxy) is 1. The Balaban J connectivity index is 1.88. The highest BCUT2D eigenvalue weighted by molar-refractivity contribution is 5.99. The molecule has 1 aromatic carbocycles. The number of rotatable bonds is 4. The number of aromatic nitrogens is 2. The number of carbonyl (C=O) groups is 1. The number of nitrogens with zero attached hydrogens (tertiary/aromatic N) is 2. The van der Waals surface area contributed by atoms with Gasteiger partial charge in [-0.2, -0.15) is 5.10 Å². The minimum atomic E-state index is 0.264. The molecule has 20 heavy (non-hydrogen) atoms. The number of hydrogen-bond acceptors (Lipinski definition) is 3. The van der Waals surface area contributed by atoms with Gasteiger partial charge in [-0.1, -0.05) is 12.1 Å². The molecule has 0 saturated carbocycles. The van der Waals surface area contributed by atoms with Crippen LogP contribution in [-0.2, 0) is 17.7 Å². The fraction of sp³-hybridized carbons (Fsp3) is 0.375. The predicted molar refractivity (Wildman–Crippen MR) is 76.8 cm³/mol. The number of carbonyl (C=O) groups excluding carboxylic acids is 1. The van der Waals surface area contributed by atoms with Crippen molar-refractivity contribution in [1.29, 1.82) is 0 Å². The first-order chi connectivity index (χ1) is 9.78. The molecule has 1 aromatic heterocycles. The second-order valence-electron chi connectivity index (χ2n) is 5.13. The van der Waals surface area contributed by atoms with E-state index in [0.29, 0.717) is 13.0 Å². The van der Waals surface area contributed by atoms with Crippen molar-refractivity contribution < 1.29 is 9.53 Å². The summed E-state index contributed by atoms with van der Waals surface area (Å²) in [6.07, 6.45) is 6.48. The van der Waals surface area contributed by atoms with E-state index in [1.807, 2.05) is 23.1 Å². The van der Waals surface area contributed by atoms with Crippen molar-refractivity contribution >= 4 is 5.78 Å². The van der Waals surface area contributed by atoms with Crippen molar-refractivity contribution in [3.63, 3.8) is 0 Å². The summed E-state index contributed by atoms with van der Waals surface area (Å²) in [5, 5.41) is 4.31. The van der Waals surface area contributed by atoms with E-state index in [2.05, 4.69) is 17.2 Å². The molecule has 1 heterocycles. The highest BCUT2D eigenvalue weighted by Crippen LogP contribution is 2.27. The Morgan fingerprint density at radius 1 is 1.30 bits per heavy atom. The zero-order valence-corrected chi connectivity index (χ0v) is 11.6. The third-order valence-electron chi connectivity index (χ3n) is 3.75. The molecule has 0 radical (unpaired) electrons. The van der Waals surface area contributed by atoms with Crippen molar-refractivity contribution in [3.8, 4) is 11.1 Å². The standard InChI is InChI=1S/C16H18N2O2/c1-20-8-7-18-11-14(10-17-18)13-6-5-12-3-2-4-16(19)15(12)9-13/h5-6,9-11H,2-4,7-8H2,1H3. The molecule has 0 atom stereocenters. The van der Waals surface area contributed by atoms with Gasteiger partial charge in [0.05, 0.1) is 19.3 Å². The van der Waals surface area contributed by atoms with Crippen LogP contribution in [0.25, 0.3) is 11.1 Å². The zero-order valence-electron chi connectivity index (χ0n) is 11.6. The van der Waals surface area contributed by atoms with Crippen LogP contribution in [0.3, 0.4) is 0 Å². The van der Waals surface area contributed by atoms with Gasteiger partial charge in [0.2, 0.25) is 0 Å². The first-order valence-corrected chi connectivity index (χ1v) is 6.96. The summed E-state index contributed by atoms with van der Waals surface area (Å²) in [6, 6.07) is 6.16. The van der Waals surface area contributed by atoms with Crippen molar-refractivity contribution in [3.05, 3.63) is 41.7 Å². The van der Waals surface area contributed by atoms with E-state index in [0.717, 1.165) is 36.1 Å². The van der Waals surface area contributed by atoms with Crippen molar-refractivity contribution in [2.45, 2.75) is 25.8 Å². The van der Waals surface area contributed by atoms with Crippen LogP contribution >= 0.6 is 0 Å². The molecule has 0 aliphatic heterocycles. The van der Waals surface area contributed by atoms with Crippen LogP contribution in [0.1, 0.15) is 28.8 Å². The van der Waals surface area contributed by atoms with E-state index in [9.17, 15) is 4.79 Å². The zero-order chi connectivity index (χ0) is 13.9. The van der Waals surface area contributed by atoms with Gasteiger partial charge in [-0.05, 0) is 30.0 Å². The molecule has 0 saturated heterocycles. The summed E-state index contributed by atoms with van der Waals surface area (Å²) in [7, 11) is 1.68. The molecule has 0 fully saturated rings. The van der Waals surface area contributed by atoms with Gasteiger partial charge < -0.3 is 4.74 Å². The van der Waals surface area contributed by atoms with Crippen LogP contribution in [0, 0.1) is 0 Å². The lowest BCUT2D eigenvalue weighted by Crippen LogP contribution is -2.10. The van der Waals surface area contributed by atoms with Gasteiger partial charge in [-0.15, -0.1) is 0 Å². The summed E-state index contributed by atoms with van der Waals surface area (Å²) >= 11 is 0. The van der Waals surface area contributed by atoms with Crippen molar-refractivity contribution in [2.24, 2.45) is 0 Å². The van der Waals surface area contributed by atoms with Crippen LogP contribution in [0.2, 0.25) is 0 Å². The Kier molecular flexibility index (Phi) is 3.65. The maximum absolute atomic E-state index is 12.0. The molecule has 4 heteroatoms. The normalized spacial score (nSPS) is 14.3. The van der Waals surface area contributed by atoms with Crippen LogP contribution in [0.4, 0.5) is 0 Å². The molecule has 104 valence electrons. The number of hydrogen-bond donors (Lipinski definition) is 0. The fourth-order valence-corrected chi connectivity index (χ4v) is 2.63. The highest BCUT2D eigenvalue weighted by Gasteiger charge is 2.17. The molecule has 1 aliphatic rings. The topological polar surface area (TPSA) is 44.1 Å². The van der Waals surface area contributed by atoms with Crippen LogP contribution in [0.15, 0.2) is 30.6 Å². The Morgan fingerprint density at radius 2 is 2.20 bits per heavy atom. The molecule has 3 rings (SSSR count). The third-order valence-corrected chi connectivity index (χ3v) is 3.75. The average Bonchev–Trinajstić information content (AvgIpc) is 2.94. The Labute approximate surface area is 118 Å².